The molecule has 0 saturated carbocycles. The van der Waals surface area contributed by atoms with Gasteiger partial charge in [0.25, 0.3) is 0 Å². The van der Waals surface area contributed by atoms with E-state index in [4.69, 9.17) is 5.11 Å². The van der Waals surface area contributed by atoms with Crippen LogP contribution in [-0.4, -0.2) is 20.9 Å². The molecule has 0 aliphatic rings. The summed E-state index contributed by atoms with van der Waals surface area (Å²) in [6.07, 6.45) is 1.20. The highest BCUT2D eigenvalue weighted by atomic mass is 19.1. The van der Waals surface area contributed by atoms with Gasteiger partial charge in [0.1, 0.15) is 5.69 Å². The van der Waals surface area contributed by atoms with Gasteiger partial charge in [-0.05, 0) is 24.6 Å². The highest BCUT2D eigenvalue weighted by Crippen LogP contribution is 2.20. The first kappa shape index (κ1) is 11.3. The van der Waals surface area contributed by atoms with Gasteiger partial charge < -0.3 is 5.11 Å². The number of hydrogen-bond acceptors (Lipinski definition) is 2. The van der Waals surface area contributed by atoms with Gasteiger partial charge in [-0.3, -0.25) is 0 Å². The van der Waals surface area contributed by atoms with Crippen LogP contribution >= 0.6 is 0 Å². The first-order valence-electron chi connectivity index (χ1n) is 4.74. The number of rotatable bonds is 2. The maximum Gasteiger partial charge on any atom is 0.356 e. The van der Waals surface area contributed by atoms with Gasteiger partial charge in [-0.25, -0.2) is 18.3 Å². The third-order valence-electron chi connectivity index (χ3n) is 2.30. The van der Waals surface area contributed by atoms with Crippen molar-refractivity contribution in [1.29, 1.82) is 0 Å². The number of carboxylic acids is 1. The minimum atomic E-state index is -1.25. The molecule has 1 N–H and O–H groups in total. The summed E-state index contributed by atoms with van der Waals surface area (Å²) in [5, 5.41) is 12.3. The minimum Gasteiger partial charge on any atom is -0.476 e. The summed E-state index contributed by atoms with van der Waals surface area (Å²) in [6.45, 7) is 1.49. The van der Waals surface area contributed by atoms with Crippen molar-refractivity contribution in [3.63, 3.8) is 0 Å². The van der Waals surface area contributed by atoms with E-state index in [1.807, 2.05) is 0 Å². The highest BCUT2D eigenvalue weighted by molar-refractivity contribution is 5.85. The fourth-order valence-electron chi connectivity index (χ4n) is 1.41. The molecule has 0 atom stereocenters. The summed E-state index contributed by atoms with van der Waals surface area (Å²) in [7, 11) is 0. The topological polar surface area (TPSA) is 55.1 Å². The van der Waals surface area contributed by atoms with E-state index in [-0.39, 0.29) is 16.9 Å². The van der Waals surface area contributed by atoms with E-state index >= 15 is 0 Å². The Hall–Kier alpha value is -2.24. The van der Waals surface area contributed by atoms with E-state index < -0.39 is 17.6 Å². The Labute approximate surface area is 95.1 Å². The third-order valence-corrected chi connectivity index (χ3v) is 2.30. The standard InChI is InChI=1S/C11H8F2N2O2/c1-6-2-3-7(12)10(9(6)13)15-5-4-8(14-15)11(16)17/h2-5H,1H3,(H,16,17). The number of aryl methyl sites for hydroxylation is 1. The second kappa shape index (κ2) is 3.97. The number of aromatic carboxylic acids is 1. The smallest absolute Gasteiger partial charge is 0.356 e. The lowest BCUT2D eigenvalue weighted by Crippen LogP contribution is -2.06. The molecule has 6 heteroatoms. The van der Waals surface area contributed by atoms with Crippen molar-refractivity contribution in [2.24, 2.45) is 0 Å². The van der Waals surface area contributed by atoms with Crippen molar-refractivity contribution in [3.8, 4) is 5.69 Å². The van der Waals surface area contributed by atoms with Gasteiger partial charge in [-0.2, -0.15) is 5.10 Å². The van der Waals surface area contributed by atoms with Gasteiger partial charge in [-0.15, -0.1) is 0 Å². The molecule has 0 bridgehead atoms. The van der Waals surface area contributed by atoms with Gasteiger partial charge in [0.15, 0.2) is 17.3 Å². The van der Waals surface area contributed by atoms with E-state index in [0.717, 1.165) is 10.7 Å². The second-order valence-electron chi connectivity index (χ2n) is 3.48. The number of aromatic nitrogens is 2. The van der Waals surface area contributed by atoms with Crippen LogP contribution in [0.4, 0.5) is 8.78 Å². The average molecular weight is 238 g/mol. The molecular formula is C11H8F2N2O2. The molecule has 0 unspecified atom stereocenters. The molecule has 17 heavy (non-hydrogen) atoms. The number of hydrogen-bond donors (Lipinski definition) is 1. The summed E-state index contributed by atoms with van der Waals surface area (Å²) in [6, 6.07) is 3.58. The Bertz CT molecular complexity index is 593. The van der Waals surface area contributed by atoms with E-state index in [1.54, 1.807) is 0 Å². The highest BCUT2D eigenvalue weighted by Gasteiger charge is 2.16. The predicted molar refractivity (Wildman–Crippen MR) is 55.2 cm³/mol. The molecule has 0 spiro atoms. The lowest BCUT2D eigenvalue weighted by molar-refractivity contribution is 0.0690. The zero-order valence-corrected chi connectivity index (χ0v) is 8.82. The van der Waals surface area contributed by atoms with Crippen molar-refractivity contribution >= 4 is 5.97 Å². The fraction of sp³-hybridized carbons (Fsp3) is 0.0909. The van der Waals surface area contributed by atoms with Gasteiger partial charge in [-0.1, -0.05) is 6.07 Å². The molecular weight excluding hydrogens is 230 g/mol. The Morgan fingerprint density at radius 2 is 2.06 bits per heavy atom. The monoisotopic (exact) mass is 238 g/mol. The zero-order valence-electron chi connectivity index (χ0n) is 8.82. The molecule has 0 amide bonds. The van der Waals surface area contributed by atoms with Crippen LogP contribution < -0.4 is 0 Å². The quantitative estimate of drug-likeness (QED) is 0.872. The van der Waals surface area contributed by atoms with Crippen LogP contribution in [0.25, 0.3) is 5.69 Å². The molecule has 0 aliphatic carbocycles. The van der Waals surface area contributed by atoms with Crippen molar-refractivity contribution in [3.05, 3.63) is 47.3 Å². The van der Waals surface area contributed by atoms with E-state index in [9.17, 15) is 13.6 Å². The third kappa shape index (κ3) is 1.89. The molecule has 4 nitrogen and oxygen atoms in total. The summed E-state index contributed by atoms with van der Waals surface area (Å²) in [5.41, 5.74) is -0.392. The lowest BCUT2D eigenvalue weighted by atomic mass is 10.2. The molecule has 2 aromatic rings. The predicted octanol–water partition coefficient (Wildman–Crippen LogP) is 2.16. The maximum atomic E-state index is 13.7. The van der Waals surface area contributed by atoms with Crippen molar-refractivity contribution < 1.29 is 18.7 Å². The fourth-order valence-corrected chi connectivity index (χ4v) is 1.41. The summed E-state index contributed by atoms with van der Waals surface area (Å²) in [4.78, 5) is 10.6. The first-order valence-corrected chi connectivity index (χ1v) is 4.74. The van der Waals surface area contributed by atoms with Gasteiger partial charge in [0.2, 0.25) is 0 Å². The summed E-state index contributed by atoms with van der Waals surface area (Å²) in [5.74, 6) is -2.81. The second-order valence-corrected chi connectivity index (χ2v) is 3.48. The van der Waals surface area contributed by atoms with E-state index in [1.165, 1.54) is 25.3 Å². The zero-order chi connectivity index (χ0) is 12.6. The molecule has 88 valence electrons. The Balaban J connectivity index is 2.60. The van der Waals surface area contributed by atoms with Crippen molar-refractivity contribution in [2.45, 2.75) is 6.92 Å². The van der Waals surface area contributed by atoms with Gasteiger partial charge >= 0.3 is 5.97 Å². The van der Waals surface area contributed by atoms with Crippen LogP contribution in [0.15, 0.2) is 24.4 Å². The van der Waals surface area contributed by atoms with Crippen LogP contribution in [-0.2, 0) is 0 Å². The number of nitrogens with zero attached hydrogens (tertiary/aromatic N) is 2. The largest absolute Gasteiger partial charge is 0.476 e. The van der Waals surface area contributed by atoms with E-state index in [0.29, 0.717) is 0 Å². The molecule has 0 fully saturated rings. The Kier molecular flexibility index (Phi) is 2.63. The molecule has 1 heterocycles. The molecule has 0 radical (unpaired) electrons. The minimum absolute atomic E-state index is 0.258. The molecule has 1 aromatic heterocycles. The normalized spacial score (nSPS) is 10.5. The average Bonchev–Trinajstić information content (AvgIpc) is 2.73. The Morgan fingerprint density at radius 1 is 1.35 bits per heavy atom. The van der Waals surface area contributed by atoms with Gasteiger partial charge in [0, 0.05) is 6.20 Å². The van der Waals surface area contributed by atoms with Crippen LogP contribution in [0.3, 0.4) is 0 Å². The molecule has 2 rings (SSSR count). The van der Waals surface area contributed by atoms with Crippen LogP contribution in [0.5, 0.6) is 0 Å². The number of carbonyl (C=O) groups is 1. The van der Waals surface area contributed by atoms with Crippen LogP contribution in [0.1, 0.15) is 16.1 Å². The SMILES string of the molecule is Cc1ccc(F)c(-n2ccc(C(=O)O)n2)c1F. The Morgan fingerprint density at radius 3 is 2.65 bits per heavy atom. The van der Waals surface area contributed by atoms with Crippen molar-refractivity contribution in [2.75, 3.05) is 0 Å². The molecule has 0 aliphatic heterocycles. The first-order chi connectivity index (χ1) is 8.00. The van der Waals surface area contributed by atoms with Gasteiger partial charge in [0.05, 0.1) is 0 Å². The maximum absolute atomic E-state index is 13.7. The number of carboxylic acid groups (broad SMARTS) is 1. The molecule has 0 saturated heterocycles. The number of halogens is 2. The van der Waals surface area contributed by atoms with Crippen LogP contribution in [0.2, 0.25) is 0 Å². The lowest BCUT2D eigenvalue weighted by Gasteiger charge is -2.06. The summed E-state index contributed by atoms with van der Waals surface area (Å²) < 4.78 is 28.1. The van der Waals surface area contributed by atoms with E-state index in [2.05, 4.69) is 5.10 Å². The number of benzene rings is 1. The molecule has 1 aromatic carbocycles. The summed E-state index contributed by atoms with van der Waals surface area (Å²) >= 11 is 0. The van der Waals surface area contributed by atoms with Crippen LogP contribution in [0, 0.1) is 18.6 Å². The van der Waals surface area contributed by atoms with Crippen molar-refractivity contribution in [1.82, 2.24) is 9.78 Å².